The summed E-state index contributed by atoms with van der Waals surface area (Å²) in [6.45, 7) is 12.5. The van der Waals surface area contributed by atoms with Crippen molar-refractivity contribution in [1.29, 1.82) is 0 Å². The van der Waals surface area contributed by atoms with E-state index in [2.05, 4.69) is 27.7 Å². The second-order valence-electron chi connectivity index (χ2n) is 6.21. The van der Waals surface area contributed by atoms with E-state index in [0.717, 1.165) is 6.42 Å². The lowest BCUT2D eigenvalue weighted by molar-refractivity contribution is -0.146. The van der Waals surface area contributed by atoms with E-state index in [1.165, 1.54) is 26.2 Å². The van der Waals surface area contributed by atoms with Crippen LogP contribution in [0.2, 0.25) is 0 Å². The number of hydrogen-bond donors (Lipinski definition) is 0. The van der Waals surface area contributed by atoms with Crippen LogP contribution >= 0.6 is 0 Å². The number of hydrogen-bond acceptors (Lipinski definition) is 2. The van der Waals surface area contributed by atoms with Crippen LogP contribution in [-0.4, -0.2) is 12.1 Å². The van der Waals surface area contributed by atoms with Crippen LogP contribution in [0.15, 0.2) is 0 Å². The molecule has 0 aliphatic carbocycles. The van der Waals surface area contributed by atoms with E-state index in [1.54, 1.807) is 0 Å². The van der Waals surface area contributed by atoms with Crippen molar-refractivity contribution < 1.29 is 9.53 Å². The standard InChI is InChI=1S/C14H28O2/c1-11(8-7-9-14(4,5)6)10-12(2)16-13(3)15/h11-12H,7-10H2,1-6H3/t11-,12?/m1/s1. The van der Waals surface area contributed by atoms with Crippen molar-refractivity contribution in [3.63, 3.8) is 0 Å². The molecular weight excluding hydrogens is 200 g/mol. The summed E-state index contributed by atoms with van der Waals surface area (Å²) in [5.41, 5.74) is 0.432. The molecule has 1 unspecified atom stereocenters. The quantitative estimate of drug-likeness (QED) is 0.637. The van der Waals surface area contributed by atoms with Crippen molar-refractivity contribution in [3.8, 4) is 0 Å². The Morgan fingerprint density at radius 1 is 1.25 bits per heavy atom. The van der Waals surface area contributed by atoms with Gasteiger partial charge >= 0.3 is 5.97 Å². The topological polar surface area (TPSA) is 26.3 Å². The predicted octanol–water partition coefficient (Wildman–Crippen LogP) is 4.18. The van der Waals surface area contributed by atoms with Gasteiger partial charge in [-0.1, -0.05) is 40.5 Å². The molecule has 0 aromatic carbocycles. The first-order valence-electron chi connectivity index (χ1n) is 6.38. The van der Waals surface area contributed by atoms with Gasteiger partial charge in [0.2, 0.25) is 0 Å². The summed E-state index contributed by atoms with van der Waals surface area (Å²) in [6, 6.07) is 0. The molecule has 0 aromatic heterocycles. The second kappa shape index (κ2) is 6.93. The van der Waals surface area contributed by atoms with Crippen molar-refractivity contribution in [1.82, 2.24) is 0 Å². The molecule has 0 amide bonds. The molecule has 0 aliphatic rings. The molecule has 2 heteroatoms. The Kier molecular flexibility index (Phi) is 6.70. The van der Waals surface area contributed by atoms with Crippen LogP contribution in [0.25, 0.3) is 0 Å². The van der Waals surface area contributed by atoms with Crippen LogP contribution in [0.3, 0.4) is 0 Å². The fourth-order valence-corrected chi connectivity index (χ4v) is 2.00. The normalized spacial score (nSPS) is 15.6. The fourth-order valence-electron chi connectivity index (χ4n) is 2.00. The zero-order valence-electron chi connectivity index (χ0n) is 11.8. The number of rotatable bonds is 6. The van der Waals surface area contributed by atoms with Gasteiger partial charge in [0.1, 0.15) is 0 Å². The van der Waals surface area contributed by atoms with E-state index in [9.17, 15) is 4.79 Å². The lowest BCUT2D eigenvalue weighted by Crippen LogP contribution is -2.16. The van der Waals surface area contributed by atoms with Crippen LogP contribution < -0.4 is 0 Å². The molecule has 0 heterocycles. The molecule has 2 atom stereocenters. The van der Waals surface area contributed by atoms with E-state index in [4.69, 9.17) is 4.74 Å². The highest BCUT2D eigenvalue weighted by Gasteiger charge is 2.13. The summed E-state index contributed by atoms with van der Waals surface area (Å²) in [4.78, 5) is 10.8. The Bertz CT molecular complexity index is 203. The maximum Gasteiger partial charge on any atom is 0.302 e. The molecule has 16 heavy (non-hydrogen) atoms. The first-order chi connectivity index (χ1) is 7.20. The summed E-state index contributed by atoms with van der Waals surface area (Å²) in [6.07, 6.45) is 4.78. The van der Waals surface area contributed by atoms with E-state index >= 15 is 0 Å². The zero-order chi connectivity index (χ0) is 12.8. The lowest BCUT2D eigenvalue weighted by atomic mass is 9.87. The molecule has 0 aliphatic heterocycles. The molecule has 0 saturated carbocycles. The van der Waals surface area contributed by atoms with Crippen molar-refractivity contribution in [2.75, 3.05) is 0 Å². The maximum atomic E-state index is 10.8. The molecule has 0 fully saturated rings. The molecule has 2 nitrogen and oxygen atoms in total. The SMILES string of the molecule is CC(=O)OC(C)C[C@H](C)CCCC(C)(C)C. The van der Waals surface area contributed by atoms with Gasteiger partial charge in [0.15, 0.2) is 0 Å². The highest BCUT2D eigenvalue weighted by molar-refractivity contribution is 5.66. The molecule has 0 aromatic rings. The van der Waals surface area contributed by atoms with Crippen LogP contribution in [0.5, 0.6) is 0 Å². The summed E-state index contributed by atoms with van der Waals surface area (Å²) in [5.74, 6) is 0.464. The molecule has 0 rings (SSSR count). The van der Waals surface area contributed by atoms with Crippen LogP contribution in [0.4, 0.5) is 0 Å². The van der Waals surface area contributed by atoms with Gasteiger partial charge in [-0.15, -0.1) is 0 Å². The molecule has 0 N–H and O–H groups in total. The van der Waals surface area contributed by atoms with E-state index < -0.39 is 0 Å². The van der Waals surface area contributed by atoms with Gasteiger partial charge in [0, 0.05) is 6.92 Å². The number of carbonyl (C=O) groups is 1. The monoisotopic (exact) mass is 228 g/mol. The molecule has 0 radical (unpaired) electrons. The van der Waals surface area contributed by atoms with E-state index in [0.29, 0.717) is 11.3 Å². The third-order valence-corrected chi connectivity index (χ3v) is 2.73. The predicted molar refractivity (Wildman–Crippen MR) is 68.3 cm³/mol. The minimum Gasteiger partial charge on any atom is -0.463 e. The molecule has 96 valence electrons. The lowest BCUT2D eigenvalue weighted by Gasteiger charge is -2.21. The number of ether oxygens (including phenoxy) is 1. The van der Waals surface area contributed by atoms with Crippen LogP contribution in [0.1, 0.15) is 67.2 Å². The summed E-state index contributed by atoms with van der Waals surface area (Å²) >= 11 is 0. The summed E-state index contributed by atoms with van der Waals surface area (Å²) in [7, 11) is 0. The largest absolute Gasteiger partial charge is 0.463 e. The van der Waals surface area contributed by atoms with Crippen molar-refractivity contribution in [2.24, 2.45) is 11.3 Å². The minimum atomic E-state index is -0.172. The van der Waals surface area contributed by atoms with Gasteiger partial charge < -0.3 is 4.74 Å². The van der Waals surface area contributed by atoms with Crippen LogP contribution in [0, 0.1) is 11.3 Å². The smallest absolute Gasteiger partial charge is 0.302 e. The average Bonchev–Trinajstić information content (AvgIpc) is 1.98. The number of esters is 1. The minimum absolute atomic E-state index is 0.0575. The molecule has 0 saturated heterocycles. The highest BCUT2D eigenvalue weighted by atomic mass is 16.5. The maximum absolute atomic E-state index is 10.8. The van der Waals surface area contributed by atoms with Gasteiger partial charge in [0.05, 0.1) is 6.10 Å². The van der Waals surface area contributed by atoms with Crippen LogP contribution in [-0.2, 0) is 9.53 Å². The first-order valence-corrected chi connectivity index (χ1v) is 6.38. The molecular formula is C14H28O2. The van der Waals surface area contributed by atoms with Gasteiger partial charge in [-0.3, -0.25) is 4.79 Å². The van der Waals surface area contributed by atoms with Crippen molar-refractivity contribution in [3.05, 3.63) is 0 Å². The van der Waals surface area contributed by atoms with Gasteiger partial charge in [-0.25, -0.2) is 0 Å². The van der Waals surface area contributed by atoms with Crippen molar-refractivity contribution >= 4 is 5.97 Å². The Labute approximate surface area is 101 Å². The van der Waals surface area contributed by atoms with E-state index in [1.807, 2.05) is 6.92 Å². The molecule has 0 spiro atoms. The Balaban J connectivity index is 3.66. The van der Waals surface area contributed by atoms with Gasteiger partial charge in [0.25, 0.3) is 0 Å². The highest BCUT2D eigenvalue weighted by Crippen LogP contribution is 2.24. The summed E-state index contributed by atoms with van der Waals surface area (Å²) in [5, 5.41) is 0. The Hall–Kier alpha value is -0.530. The molecule has 0 bridgehead atoms. The summed E-state index contributed by atoms with van der Waals surface area (Å²) < 4.78 is 5.13. The Morgan fingerprint density at radius 3 is 2.25 bits per heavy atom. The third-order valence-electron chi connectivity index (χ3n) is 2.73. The van der Waals surface area contributed by atoms with Gasteiger partial charge in [-0.2, -0.15) is 0 Å². The first kappa shape index (κ1) is 15.5. The third kappa shape index (κ3) is 10.0. The van der Waals surface area contributed by atoms with E-state index in [-0.39, 0.29) is 12.1 Å². The zero-order valence-corrected chi connectivity index (χ0v) is 11.8. The fraction of sp³-hybridized carbons (Fsp3) is 0.929. The second-order valence-corrected chi connectivity index (χ2v) is 6.21. The van der Waals surface area contributed by atoms with Gasteiger partial charge in [-0.05, 0) is 31.1 Å². The Morgan fingerprint density at radius 2 is 1.81 bits per heavy atom. The van der Waals surface area contributed by atoms with Crippen molar-refractivity contribution in [2.45, 2.75) is 73.3 Å². The average molecular weight is 228 g/mol. The number of carbonyl (C=O) groups excluding carboxylic acids is 1.